The maximum absolute atomic E-state index is 13.6. The smallest absolute Gasteiger partial charge is 0.256 e. The monoisotopic (exact) mass is 275 g/mol. The van der Waals surface area contributed by atoms with Gasteiger partial charge < -0.3 is 4.90 Å². The second-order valence-corrected chi connectivity index (χ2v) is 4.56. The van der Waals surface area contributed by atoms with Gasteiger partial charge in [0, 0.05) is 13.6 Å². The molecule has 2 aromatic carbocycles. The molecule has 0 bridgehead atoms. The summed E-state index contributed by atoms with van der Waals surface area (Å²) in [4.78, 5) is 13.5. The van der Waals surface area contributed by atoms with Crippen LogP contribution in [0.25, 0.3) is 0 Å². The van der Waals surface area contributed by atoms with E-state index in [0.717, 1.165) is 11.6 Å². The van der Waals surface area contributed by atoms with E-state index in [1.54, 1.807) is 7.05 Å². The number of carbonyl (C=O) groups excluding carboxylic acids is 1. The van der Waals surface area contributed by atoms with Crippen LogP contribution >= 0.6 is 0 Å². The van der Waals surface area contributed by atoms with Gasteiger partial charge in [-0.15, -0.1) is 0 Å². The summed E-state index contributed by atoms with van der Waals surface area (Å²) in [5, 5.41) is 0. The second-order valence-electron chi connectivity index (χ2n) is 4.56. The number of carbonyl (C=O) groups is 1. The Balaban J connectivity index is 2.04. The molecule has 0 saturated carbocycles. The maximum atomic E-state index is 13.6. The molecule has 1 amide bonds. The largest absolute Gasteiger partial charge is 0.341 e. The predicted octanol–water partition coefficient (Wildman–Crippen LogP) is 3.28. The van der Waals surface area contributed by atoms with Gasteiger partial charge in [-0.1, -0.05) is 36.4 Å². The summed E-state index contributed by atoms with van der Waals surface area (Å²) in [5.74, 6) is -2.62. The highest BCUT2D eigenvalue weighted by Gasteiger charge is 2.18. The molecule has 0 N–H and O–H groups in total. The summed E-state index contributed by atoms with van der Waals surface area (Å²) < 4.78 is 26.7. The lowest BCUT2D eigenvalue weighted by Crippen LogP contribution is -2.29. The first-order valence-electron chi connectivity index (χ1n) is 6.33. The van der Waals surface area contributed by atoms with E-state index in [1.807, 2.05) is 30.3 Å². The Morgan fingerprint density at radius 1 is 1.05 bits per heavy atom. The normalized spacial score (nSPS) is 10.3. The molecule has 0 saturated heterocycles. The quantitative estimate of drug-likeness (QED) is 0.838. The fourth-order valence-electron chi connectivity index (χ4n) is 1.92. The van der Waals surface area contributed by atoms with E-state index in [2.05, 4.69) is 0 Å². The van der Waals surface area contributed by atoms with E-state index < -0.39 is 17.5 Å². The summed E-state index contributed by atoms with van der Waals surface area (Å²) in [6.45, 7) is 0.443. The number of hydrogen-bond donors (Lipinski definition) is 0. The number of amides is 1. The highest BCUT2D eigenvalue weighted by Crippen LogP contribution is 2.13. The molecule has 0 aliphatic heterocycles. The van der Waals surface area contributed by atoms with Gasteiger partial charge in [0.25, 0.3) is 5.91 Å². The van der Waals surface area contributed by atoms with Crippen molar-refractivity contribution < 1.29 is 13.6 Å². The minimum Gasteiger partial charge on any atom is -0.341 e. The lowest BCUT2D eigenvalue weighted by molar-refractivity contribution is 0.0791. The van der Waals surface area contributed by atoms with Crippen LogP contribution in [-0.2, 0) is 6.42 Å². The molecule has 4 heteroatoms. The number of halogens is 2. The zero-order valence-corrected chi connectivity index (χ0v) is 11.1. The lowest BCUT2D eigenvalue weighted by atomic mass is 10.1. The SMILES string of the molecule is CN(CCc1ccccc1)C(=O)c1cccc(F)c1F. The van der Waals surface area contributed by atoms with Crippen molar-refractivity contribution in [2.24, 2.45) is 0 Å². The van der Waals surface area contributed by atoms with Gasteiger partial charge in [0.15, 0.2) is 11.6 Å². The van der Waals surface area contributed by atoms with Gasteiger partial charge in [-0.3, -0.25) is 4.79 Å². The summed E-state index contributed by atoms with van der Waals surface area (Å²) in [5.41, 5.74) is 0.854. The fraction of sp³-hybridized carbons (Fsp3) is 0.188. The molecule has 0 heterocycles. The number of benzene rings is 2. The molecule has 0 aromatic heterocycles. The van der Waals surface area contributed by atoms with Gasteiger partial charge in [0.1, 0.15) is 0 Å². The molecular weight excluding hydrogens is 260 g/mol. The molecule has 2 nitrogen and oxygen atoms in total. The van der Waals surface area contributed by atoms with Crippen molar-refractivity contribution in [1.29, 1.82) is 0 Å². The molecule has 20 heavy (non-hydrogen) atoms. The summed E-state index contributed by atoms with van der Waals surface area (Å²) >= 11 is 0. The van der Waals surface area contributed by atoms with Crippen molar-refractivity contribution in [2.75, 3.05) is 13.6 Å². The zero-order valence-electron chi connectivity index (χ0n) is 11.1. The minimum atomic E-state index is -1.09. The molecule has 2 rings (SSSR count). The molecule has 0 aliphatic carbocycles. The van der Waals surface area contributed by atoms with Crippen molar-refractivity contribution in [2.45, 2.75) is 6.42 Å². The van der Waals surface area contributed by atoms with Crippen molar-refractivity contribution in [3.8, 4) is 0 Å². The Kier molecular flexibility index (Phi) is 4.45. The number of hydrogen-bond acceptors (Lipinski definition) is 1. The fourth-order valence-corrected chi connectivity index (χ4v) is 1.92. The van der Waals surface area contributed by atoms with E-state index in [9.17, 15) is 13.6 Å². The van der Waals surface area contributed by atoms with Crippen LogP contribution in [0.4, 0.5) is 8.78 Å². The molecule has 0 spiro atoms. The molecule has 104 valence electrons. The van der Waals surface area contributed by atoms with Crippen LogP contribution in [-0.4, -0.2) is 24.4 Å². The molecule has 0 radical (unpaired) electrons. The summed E-state index contributed by atoms with van der Waals surface area (Å²) in [6, 6.07) is 13.3. The van der Waals surface area contributed by atoms with Crippen molar-refractivity contribution in [1.82, 2.24) is 4.90 Å². The van der Waals surface area contributed by atoms with Crippen LogP contribution in [0.2, 0.25) is 0 Å². The van der Waals surface area contributed by atoms with E-state index in [-0.39, 0.29) is 5.56 Å². The van der Waals surface area contributed by atoms with Gasteiger partial charge in [-0.2, -0.15) is 0 Å². The Hall–Kier alpha value is -2.23. The minimum absolute atomic E-state index is 0.236. The number of likely N-dealkylation sites (N-methyl/N-ethyl adjacent to an activating group) is 1. The highest BCUT2D eigenvalue weighted by atomic mass is 19.2. The van der Waals surface area contributed by atoms with Crippen LogP contribution < -0.4 is 0 Å². The standard InChI is InChI=1S/C16H15F2NO/c1-19(11-10-12-6-3-2-4-7-12)16(20)13-8-5-9-14(17)15(13)18/h2-9H,10-11H2,1H3. The van der Waals surface area contributed by atoms with E-state index in [1.165, 1.54) is 17.0 Å². The van der Waals surface area contributed by atoms with Crippen molar-refractivity contribution in [3.63, 3.8) is 0 Å². The van der Waals surface area contributed by atoms with Crippen LogP contribution in [0.3, 0.4) is 0 Å². The van der Waals surface area contributed by atoms with Crippen LogP contribution in [0.1, 0.15) is 15.9 Å². The van der Waals surface area contributed by atoms with Crippen LogP contribution in [0, 0.1) is 11.6 Å². The first-order valence-corrected chi connectivity index (χ1v) is 6.33. The Morgan fingerprint density at radius 2 is 1.75 bits per heavy atom. The first kappa shape index (κ1) is 14.2. The van der Waals surface area contributed by atoms with Gasteiger partial charge in [-0.25, -0.2) is 8.78 Å². The number of rotatable bonds is 4. The van der Waals surface area contributed by atoms with E-state index >= 15 is 0 Å². The van der Waals surface area contributed by atoms with Crippen LogP contribution in [0.5, 0.6) is 0 Å². The van der Waals surface area contributed by atoms with Gasteiger partial charge >= 0.3 is 0 Å². The average Bonchev–Trinajstić information content (AvgIpc) is 2.48. The maximum Gasteiger partial charge on any atom is 0.256 e. The summed E-state index contributed by atoms with van der Waals surface area (Å²) in [7, 11) is 1.58. The molecular formula is C16H15F2NO. The third-order valence-electron chi connectivity index (χ3n) is 3.11. The molecule has 0 unspecified atom stereocenters. The Morgan fingerprint density at radius 3 is 2.45 bits per heavy atom. The van der Waals surface area contributed by atoms with Gasteiger partial charge in [0.05, 0.1) is 5.56 Å². The Labute approximate surface area is 116 Å². The average molecular weight is 275 g/mol. The van der Waals surface area contributed by atoms with Crippen LogP contribution in [0.15, 0.2) is 48.5 Å². The lowest BCUT2D eigenvalue weighted by Gasteiger charge is -2.17. The second kappa shape index (κ2) is 6.28. The van der Waals surface area contributed by atoms with Gasteiger partial charge in [-0.05, 0) is 24.1 Å². The first-order chi connectivity index (χ1) is 9.59. The zero-order chi connectivity index (χ0) is 14.5. The van der Waals surface area contributed by atoms with Crippen molar-refractivity contribution >= 4 is 5.91 Å². The third-order valence-corrected chi connectivity index (χ3v) is 3.11. The molecule has 0 fully saturated rings. The number of nitrogens with zero attached hydrogens (tertiary/aromatic N) is 1. The Bertz CT molecular complexity index is 599. The molecule has 0 atom stereocenters. The molecule has 0 aliphatic rings. The summed E-state index contributed by atoms with van der Waals surface area (Å²) in [6.07, 6.45) is 0.667. The van der Waals surface area contributed by atoms with Crippen molar-refractivity contribution in [3.05, 3.63) is 71.3 Å². The van der Waals surface area contributed by atoms with E-state index in [0.29, 0.717) is 13.0 Å². The molecule has 2 aromatic rings. The van der Waals surface area contributed by atoms with Gasteiger partial charge in [0.2, 0.25) is 0 Å². The topological polar surface area (TPSA) is 20.3 Å². The predicted molar refractivity (Wildman–Crippen MR) is 73.5 cm³/mol. The van der Waals surface area contributed by atoms with E-state index in [4.69, 9.17) is 0 Å². The highest BCUT2D eigenvalue weighted by molar-refractivity contribution is 5.94. The third kappa shape index (κ3) is 3.20.